The van der Waals surface area contributed by atoms with E-state index < -0.39 is 28.6 Å². The summed E-state index contributed by atoms with van der Waals surface area (Å²) in [5, 5.41) is 3.16. The van der Waals surface area contributed by atoms with Crippen LogP contribution in [0, 0.1) is 0 Å². The number of esters is 1. The predicted molar refractivity (Wildman–Crippen MR) is 117 cm³/mol. The molecule has 1 aliphatic carbocycles. The number of anilines is 2. The number of fused-ring (bicyclic) bond motifs is 1. The van der Waals surface area contributed by atoms with Crippen LogP contribution in [0.3, 0.4) is 0 Å². The normalized spacial score (nSPS) is 13.6. The van der Waals surface area contributed by atoms with Crippen molar-refractivity contribution in [2.24, 2.45) is 0 Å². The van der Waals surface area contributed by atoms with Crippen LogP contribution in [0.1, 0.15) is 33.6 Å². The molecule has 0 bridgehead atoms. The fourth-order valence-electron chi connectivity index (χ4n) is 3.37. The molecule has 1 aromatic carbocycles. The van der Waals surface area contributed by atoms with E-state index in [1.54, 1.807) is 30.3 Å². The number of thiophene rings is 1. The predicted octanol–water partition coefficient (Wildman–Crippen LogP) is 2.67. The first-order valence-corrected chi connectivity index (χ1v) is 11.7. The number of rotatable bonds is 7. The summed E-state index contributed by atoms with van der Waals surface area (Å²) in [4.78, 5) is 26.3. The highest BCUT2D eigenvalue weighted by molar-refractivity contribution is 7.90. The van der Waals surface area contributed by atoms with Crippen molar-refractivity contribution in [2.75, 3.05) is 37.4 Å². The minimum atomic E-state index is -3.90. The van der Waals surface area contributed by atoms with Crippen LogP contribution in [0.25, 0.3) is 0 Å². The van der Waals surface area contributed by atoms with Gasteiger partial charge in [0.25, 0.3) is 0 Å². The number of ether oxygens (including phenoxy) is 1. The smallest absolute Gasteiger partial charge is 0.341 e. The van der Waals surface area contributed by atoms with Gasteiger partial charge in [0.15, 0.2) is 0 Å². The molecule has 10 heteroatoms. The zero-order chi connectivity index (χ0) is 21.9. The number of amides is 1. The van der Waals surface area contributed by atoms with E-state index >= 15 is 0 Å². The summed E-state index contributed by atoms with van der Waals surface area (Å²) in [5.74, 6) is -1.03. The zero-order valence-corrected chi connectivity index (χ0v) is 18.8. The molecule has 1 amide bonds. The van der Waals surface area contributed by atoms with Crippen molar-refractivity contribution in [3.05, 3.63) is 46.3 Å². The molecule has 0 saturated heterocycles. The maximum absolute atomic E-state index is 12.9. The van der Waals surface area contributed by atoms with Crippen LogP contribution in [-0.4, -0.2) is 52.3 Å². The summed E-state index contributed by atoms with van der Waals surface area (Å²) >= 11 is 1.36. The number of hydrogen-bond acceptors (Lipinski definition) is 6. The molecule has 0 spiro atoms. The minimum absolute atomic E-state index is 0.375. The Bertz CT molecular complexity index is 1030. The van der Waals surface area contributed by atoms with E-state index in [1.807, 2.05) is 0 Å². The van der Waals surface area contributed by atoms with Gasteiger partial charge in [0, 0.05) is 19.0 Å². The van der Waals surface area contributed by atoms with Gasteiger partial charge in [0.2, 0.25) is 5.91 Å². The van der Waals surface area contributed by atoms with Crippen molar-refractivity contribution in [1.29, 1.82) is 0 Å². The maximum Gasteiger partial charge on any atom is 0.341 e. The fraction of sp³-hybridized carbons (Fsp3) is 0.400. The van der Waals surface area contributed by atoms with E-state index in [0.29, 0.717) is 16.3 Å². The van der Waals surface area contributed by atoms with Crippen LogP contribution >= 0.6 is 11.3 Å². The van der Waals surface area contributed by atoms with Crippen molar-refractivity contribution in [2.45, 2.75) is 25.7 Å². The van der Waals surface area contributed by atoms with Gasteiger partial charge in [-0.3, -0.25) is 4.79 Å². The Morgan fingerprint density at radius 2 is 1.80 bits per heavy atom. The molecule has 1 aromatic heterocycles. The van der Waals surface area contributed by atoms with E-state index in [0.717, 1.165) is 44.7 Å². The molecule has 1 aliphatic rings. The van der Waals surface area contributed by atoms with E-state index in [9.17, 15) is 18.0 Å². The van der Waals surface area contributed by atoms with E-state index in [2.05, 4.69) is 5.32 Å². The quantitative estimate of drug-likeness (QED) is 0.653. The highest BCUT2D eigenvalue weighted by Crippen LogP contribution is 2.38. The zero-order valence-electron chi connectivity index (χ0n) is 17.2. The number of hydrogen-bond donors (Lipinski definition) is 1. The van der Waals surface area contributed by atoms with E-state index in [-0.39, 0.29) is 0 Å². The average molecular weight is 452 g/mol. The number of aryl methyl sites for hydroxylation is 1. The Morgan fingerprint density at radius 1 is 1.13 bits per heavy atom. The van der Waals surface area contributed by atoms with Gasteiger partial charge in [-0.15, -0.1) is 11.3 Å². The third-order valence-electron chi connectivity index (χ3n) is 4.89. The van der Waals surface area contributed by atoms with Crippen LogP contribution in [0.2, 0.25) is 0 Å². The lowest BCUT2D eigenvalue weighted by atomic mass is 9.95. The van der Waals surface area contributed by atoms with Crippen molar-refractivity contribution in [3.8, 4) is 0 Å². The molecule has 0 radical (unpaired) electrons. The number of methoxy groups -OCH3 is 1. The second kappa shape index (κ2) is 9.15. The monoisotopic (exact) mass is 451 g/mol. The topological polar surface area (TPSA) is 96.0 Å². The second-order valence-electron chi connectivity index (χ2n) is 7.09. The Labute approximate surface area is 180 Å². The molecule has 1 N–H and O–H groups in total. The molecule has 0 unspecified atom stereocenters. The summed E-state index contributed by atoms with van der Waals surface area (Å²) in [6.45, 7) is -0.423. The number of nitrogens with zero attached hydrogens (tertiary/aromatic N) is 2. The third-order valence-corrected chi connectivity index (χ3v) is 7.91. The highest BCUT2D eigenvalue weighted by Gasteiger charge is 2.30. The summed E-state index contributed by atoms with van der Waals surface area (Å²) in [6.07, 6.45) is 3.62. The maximum atomic E-state index is 12.9. The van der Waals surface area contributed by atoms with Crippen molar-refractivity contribution in [3.63, 3.8) is 0 Å². The van der Waals surface area contributed by atoms with E-state index in [4.69, 9.17) is 4.74 Å². The van der Waals surface area contributed by atoms with Gasteiger partial charge in [-0.2, -0.15) is 12.7 Å². The molecule has 3 rings (SSSR count). The van der Waals surface area contributed by atoms with Gasteiger partial charge in [-0.05, 0) is 43.4 Å². The van der Waals surface area contributed by atoms with Crippen LogP contribution < -0.4 is 9.62 Å². The molecule has 0 fully saturated rings. The van der Waals surface area contributed by atoms with Crippen LogP contribution in [0.15, 0.2) is 30.3 Å². The van der Waals surface area contributed by atoms with Crippen molar-refractivity contribution < 1.29 is 22.7 Å². The van der Waals surface area contributed by atoms with Gasteiger partial charge in [0.05, 0.1) is 18.4 Å². The molecule has 8 nitrogen and oxygen atoms in total. The number of para-hydroxylation sites is 1. The Kier molecular flexibility index (Phi) is 6.79. The summed E-state index contributed by atoms with van der Waals surface area (Å²) in [7, 11) is 0.229. The number of carbonyl (C=O) groups is 2. The first-order chi connectivity index (χ1) is 14.3. The number of carbonyl (C=O) groups excluding carboxylic acids is 2. The van der Waals surface area contributed by atoms with E-state index in [1.165, 1.54) is 32.5 Å². The Morgan fingerprint density at radius 3 is 2.43 bits per heavy atom. The van der Waals surface area contributed by atoms with Crippen molar-refractivity contribution in [1.82, 2.24) is 4.31 Å². The van der Waals surface area contributed by atoms with Crippen molar-refractivity contribution >= 4 is 44.1 Å². The lowest BCUT2D eigenvalue weighted by molar-refractivity contribution is -0.114. The molecule has 162 valence electrons. The van der Waals surface area contributed by atoms with Gasteiger partial charge < -0.3 is 10.1 Å². The van der Waals surface area contributed by atoms with Gasteiger partial charge in [-0.25, -0.2) is 9.10 Å². The number of nitrogens with one attached hydrogen (secondary N) is 1. The largest absolute Gasteiger partial charge is 0.465 e. The molecule has 0 saturated carbocycles. The number of benzene rings is 1. The van der Waals surface area contributed by atoms with Crippen LogP contribution in [0.5, 0.6) is 0 Å². The third kappa shape index (κ3) is 4.50. The minimum Gasteiger partial charge on any atom is -0.465 e. The van der Waals surface area contributed by atoms with Crippen LogP contribution in [0.4, 0.5) is 10.7 Å². The van der Waals surface area contributed by atoms with Crippen LogP contribution in [-0.2, 0) is 32.6 Å². The van der Waals surface area contributed by atoms with Gasteiger partial charge in [-0.1, -0.05) is 18.2 Å². The summed E-state index contributed by atoms with van der Waals surface area (Å²) in [6, 6.07) is 8.42. The van der Waals surface area contributed by atoms with Gasteiger partial charge in [0.1, 0.15) is 11.5 Å². The molecule has 0 atom stereocenters. The summed E-state index contributed by atoms with van der Waals surface area (Å²) < 4.78 is 32.6. The molecular formula is C20H25N3O5S2. The first kappa shape index (κ1) is 22.3. The SMILES string of the molecule is COC(=O)c1c(NC(=O)CN(c2ccccc2)S(=O)(=O)N(C)C)sc2c1CCCC2. The standard InChI is InChI=1S/C20H25N3O5S2/c1-22(2)30(26,27)23(14-9-5-4-6-10-14)13-17(24)21-19-18(20(25)28-3)15-11-7-8-12-16(15)29-19/h4-6,9-10H,7-8,11-13H2,1-3H3,(H,21,24). The lowest BCUT2D eigenvalue weighted by Crippen LogP contribution is -2.44. The lowest BCUT2D eigenvalue weighted by Gasteiger charge is -2.26. The second-order valence-corrected chi connectivity index (χ2v) is 10.3. The highest BCUT2D eigenvalue weighted by atomic mass is 32.2. The average Bonchev–Trinajstić information content (AvgIpc) is 3.09. The van der Waals surface area contributed by atoms with Gasteiger partial charge >= 0.3 is 16.2 Å². The molecule has 2 aromatic rings. The molecule has 1 heterocycles. The fourth-order valence-corrected chi connectivity index (χ4v) is 5.72. The molecular weight excluding hydrogens is 426 g/mol. The molecule has 30 heavy (non-hydrogen) atoms. The summed E-state index contributed by atoms with van der Waals surface area (Å²) in [5.41, 5.74) is 1.68. The Balaban J connectivity index is 1.90. The molecule has 0 aliphatic heterocycles. The first-order valence-electron chi connectivity index (χ1n) is 9.53. The Hall–Kier alpha value is -2.43.